The van der Waals surface area contributed by atoms with Crippen LogP contribution in [-0.2, 0) is 12.1 Å². The molecule has 0 fully saturated rings. The van der Waals surface area contributed by atoms with Crippen molar-refractivity contribution in [1.82, 2.24) is 14.3 Å². The number of aliphatic hydroxyl groups is 3. The van der Waals surface area contributed by atoms with Gasteiger partial charge in [-0.2, -0.15) is 18.3 Å². The second-order valence-electron chi connectivity index (χ2n) is 7.45. The third-order valence-corrected chi connectivity index (χ3v) is 5.27. The summed E-state index contributed by atoms with van der Waals surface area (Å²) in [6.45, 7) is -0.681. The van der Waals surface area contributed by atoms with Crippen molar-refractivity contribution < 1.29 is 32.9 Å². The molecule has 0 amide bonds. The third kappa shape index (κ3) is 3.77. The van der Waals surface area contributed by atoms with Gasteiger partial charge in [0.25, 0.3) is 0 Å². The molecule has 0 aliphatic heterocycles. The van der Waals surface area contributed by atoms with Crippen LogP contribution in [0, 0.1) is 5.82 Å². The number of benzene rings is 2. The number of aliphatic hydroxyl groups excluding tert-OH is 2. The molecule has 2 unspecified atom stereocenters. The molecule has 0 aliphatic rings. The summed E-state index contributed by atoms with van der Waals surface area (Å²) in [4.78, 5) is 0. The molecule has 4 rings (SSSR count). The van der Waals surface area contributed by atoms with Gasteiger partial charge in [0.1, 0.15) is 5.82 Å². The summed E-state index contributed by atoms with van der Waals surface area (Å²) in [6, 6.07) is 10.4. The maximum Gasteiger partial charge on any atom is 0.425 e. The summed E-state index contributed by atoms with van der Waals surface area (Å²) in [5.74, 6) is -0.429. The number of halogens is 4. The number of alkyl halides is 3. The first-order valence-electron chi connectivity index (χ1n) is 9.62. The Bertz CT molecular complexity index is 1230. The lowest BCUT2D eigenvalue weighted by atomic mass is 9.86. The monoisotopic (exact) mass is 449 g/mol. The van der Waals surface area contributed by atoms with Crippen LogP contribution < -0.4 is 0 Å². The fourth-order valence-corrected chi connectivity index (χ4v) is 3.61. The van der Waals surface area contributed by atoms with Crippen LogP contribution in [0.5, 0.6) is 0 Å². The minimum Gasteiger partial charge on any atom is -0.394 e. The first kappa shape index (κ1) is 22.0. The largest absolute Gasteiger partial charge is 0.425 e. The first-order valence-corrected chi connectivity index (χ1v) is 9.62. The lowest BCUT2D eigenvalue weighted by Gasteiger charge is -2.30. The molecule has 0 bridgehead atoms. The van der Waals surface area contributed by atoms with E-state index in [0.29, 0.717) is 16.6 Å². The quantitative estimate of drug-likeness (QED) is 0.395. The number of aromatic nitrogens is 3. The summed E-state index contributed by atoms with van der Waals surface area (Å²) in [7, 11) is 0. The fraction of sp³-hybridized carbons (Fsp3) is 0.227. The van der Waals surface area contributed by atoms with E-state index in [0.717, 1.165) is 18.3 Å². The van der Waals surface area contributed by atoms with Crippen molar-refractivity contribution in [1.29, 1.82) is 0 Å². The summed E-state index contributed by atoms with van der Waals surface area (Å²) in [5.41, 5.74) is -3.14. The Balaban J connectivity index is 1.77. The highest BCUT2D eigenvalue weighted by Crippen LogP contribution is 2.45. The van der Waals surface area contributed by atoms with E-state index in [-0.39, 0.29) is 6.54 Å². The number of fused-ring (bicyclic) bond motifs is 1. The Morgan fingerprint density at radius 3 is 2.38 bits per heavy atom. The molecule has 2 heterocycles. The maximum atomic E-state index is 14.1. The van der Waals surface area contributed by atoms with Crippen molar-refractivity contribution in [3.05, 3.63) is 84.1 Å². The van der Waals surface area contributed by atoms with Gasteiger partial charge in [-0.3, -0.25) is 0 Å². The summed E-state index contributed by atoms with van der Waals surface area (Å²) in [6.07, 6.45) is -2.46. The Kier molecular flexibility index (Phi) is 5.53. The fourth-order valence-electron chi connectivity index (χ4n) is 3.61. The minimum atomic E-state index is -5.05. The lowest BCUT2D eigenvalue weighted by molar-refractivity contribution is -0.248. The van der Waals surface area contributed by atoms with Crippen LogP contribution in [0.2, 0.25) is 0 Å². The van der Waals surface area contributed by atoms with Gasteiger partial charge < -0.3 is 19.9 Å². The first-order chi connectivity index (χ1) is 15.1. The van der Waals surface area contributed by atoms with Crippen molar-refractivity contribution in [2.45, 2.75) is 24.4 Å². The van der Waals surface area contributed by atoms with E-state index in [9.17, 15) is 27.8 Å². The van der Waals surface area contributed by atoms with E-state index in [2.05, 4.69) is 5.10 Å². The standard InChI is InChI=1S/C22H19F4N3O3/c23-17-2-4-18(5-3-17)29-20-6-1-15(9-14(20)10-27-29)21(32,22(24,25)26)16-7-8-28(11-16)12-19(31)13-30/h1-11,19,30-32H,12-13H2. The zero-order chi connectivity index (χ0) is 23.1. The minimum absolute atomic E-state index is 0.131. The molecule has 2 aromatic heterocycles. The van der Waals surface area contributed by atoms with Gasteiger partial charge in [0.05, 0.1) is 36.7 Å². The van der Waals surface area contributed by atoms with Gasteiger partial charge in [0.2, 0.25) is 5.60 Å². The van der Waals surface area contributed by atoms with Crippen molar-refractivity contribution >= 4 is 10.9 Å². The molecule has 3 N–H and O–H groups in total. The summed E-state index contributed by atoms with van der Waals surface area (Å²) < 4.78 is 58.3. The van der Waals surface area contributed by atoms with Crippen LogP contribution in [0.4, 0.5) is 17.6 Å². The van der Waals surface area contributed by atoms with Gasteiger partial charge >= 0.3 is 6.18 Å². The van der Waals surface area contributed by atoms with E-state index in [1.165, 1.54) is 58.0 Å². The molecule has 2 aromatic carbocycles. The molecule has 0 radical (unpaired) electrons. The van der Waals surface area contributed by atoms with E-state index in [1.807, 2.05) is 0 Å². The van der Waals surface area contributed by atoms with Crippen LogP contribution >= 0.6 is 0 Å². The normalized spacial score (nSPS) is 15.1. The highest BCUT2D eigenvalue weighted by atomic mass is 19.4. The average Bonchev–Trinajstić information content (AvgIpc) is 3.39. The number of nitrogens with zero attached hydrogens (tertiary/aromatic N) is 3. The second kappa shape index (κ2) is 8.05. The molecule has 0 saturated heterocycles. The van der Waals surface area contributed by atoms with Crippen molar-refractivity contribution in [2.24, 2.45) is 0 Å². The van der Waals surface area contributed by atoms with E-state index >= 15 is 0 Å². The average molecular weight is 449 g/mol. The molecule has 10 heteroatoms. The molecule has 0 spiro atoms. The van der Waals surface area contributed by atoms with Gasteiger partial charge in [-0.1, -0.05) is 6.07 Å². The smallest absolute Gasteiger partial charge is 0.394 e. The van der Waals surface area contributed by atoms with Crippen LogP contribution in [0.25, 0.3) is 16.6 Å². The zero-order valence-electron chi connectivity index (χ0n) is 16.5. The van der Waals surface area contributed by atoms with Gasteiger partial charge in [-0.25, -0.2) is 9.07 Å². The Morgan fingerprint density at radius 1 is 1.00 bits per heavy atom. The molecular weight excluding hydrogens is 430 g/mol. The van der Waals surface area contributed by atoms with Crippen LogP contribution in [-0.4, -0.2) is 48.6 Å². The SMILES string of the molecule is OCC(O)Cn1ccc(C(O)(c2ccc3c(cnn3-c3ccc(F)cc3)c2)C(F)(F)F)c1. The molecule has 32 heavy (non-hydrogen) atoms. The molecule has 2 atom stereocenters. The van der Waals surface area contributed by atoms with Gasteiger partial charge in [0, 0.05) is 23.3 Å². The molecule has 0 aliphatic carbocycles. The number of rotatable bonds is 6. The van der Waals surface area contributed by atoms with Crippen LogP contribution in [0.3, 0.4) is 0 Å². The van der Waals surface area contributed by atoms with Gasteiger partial charge in [-0.05, 0) is 48.0 Å². The van der Waals surface area contributed by atoms with Gasteiger partial charge in [-0.15, -0.1) is 0 Å². The second-order valence-corrected chi connectivity index (χ2v) is 7.45. The van der Waals surface area contributed by atoms with E-state index < -0.39 is 41.4 Å². The predicted molar refractivity (Wildman–Crippen MR) is 108 cm³/mol. The summed E-state index contributed by atoms with van der Waals surface area (Å²) >= 11 is 0. The number of hydrogen-bond acceptors (Lipinski definition) is 4. The molecule has 0 saturated carbocycles. The molecule has 6 nitrogen and oxygen atoms in total. The highest BCUT2D eigenvalue weighted by molar-refractivity contribution is 5.81. The van der Waals surface area contributed by atoms with Gasteiger partial charge in [0.15, 0.2) is 0 Å². The lowest BCUT2D eigenvalue weighted by Crippen LogP contribution is -2.43. The predicted octanol–water partition coefficient (Wildman–Crippen LogP) is 3.12. The van der Waals surface area contributed by atoms with E-state index in [1.54, 1.807) is 0 Å². The topological polar surface area (TPSA) is 83.4 Å². The summed E-state index contributed by atoms with van der Waals surface area (Å²) in [5, 5.41) is 33.9. The Hall–Kier alpha value is -3.21. The van der Waals surface area contributed by atoms with Crippen LogP contribution in [0.1, 0.15) is 11.1 Å². The highest BCUT2D eigenvalue weighted by Gasteiger charge is 2.56. The Labute approximate surface area is 179 Å². The number of hydrogen-bond donors (Lipinski definition) is 3. The van der Waals surface area contributed by atoms with Crippen molar-refractivity contribution in [3.63, 3.8) is 0 Å². The molecule has 4 aromatic rings. The van der Waals surface area contributed by atoms with Crippen molar-refractivity contribution in [2.75, 3.05) is 6.61 Å². The zero-order valence-corrected chi connectivity index (χ0v) is 16.5. The van der Waals surface area contributed by atoms with E-state index in [4.69, 9.17) is 5.11 Å². The Morgan fingerprint density at radius 2 is 1.72 bits per heavy atom. The maximum absolute atomic E-state index is 14.1. The van der Waals surface area contributed by atoms with Crippen LogP contribution in [0.15, 0.2) is 67.1 Å². The molecule has 168 valence electrons. The third-order valence-electron chi connectivity index (χ3n) is 5.27. The van der Waals surface area contributed by atoms with Crippen molar-refractivity contribution in [3.8, 4) is 5.69 Å². The molecular formula is C22H19F4N3O3.